The van der Waals surface area contributed by atoms with Crippen molar-refractivity contribution in [3.8, 4) is 0 Å². The fraction of sp³-hybridized carbons (Fsp3) is 0.316. The van der Waals surface area contributed by atoms with Gasteiger partial charge < -0.3 is 5.32 Å². The Hall–Kier alpha value is -2.18. The Kier molecular flexibility index (Phi) is 5.20. The van der Waals surface area contributed by atoms with Gasteiger partial charge in [0.25, 0.3) is 5.91 Å². The molecule has 0 aromatic heterocycles. The first-order chi connectivity index (χ1) is 11.9. The van der Waals surface area contributed by atoms with E-state index in [1.807, 2.05) is 6.07 Å². The Morgan fingerprint density at radius 1 is 1.08 bits per heavy atom. The van der Waals surface area contributed by atoms with Crippen LogP contribution in [0.3, 0.4) is 0 Å². The molecule has 3 rings (SSSR count). The lowest BCUT2D eigenvalue weighted by Crippen LogP contribution is -2.38. The summed E-state index contributed by atoms with van der Waals surface area (Å²) in [4.78, 5) is 14.7. The number of nitrogens with zero attached hydrogens (tertiary/aromatic N) is 1. The van der Waals surface area contributed by atoms with Gasteiger partial charge in [0.2, 0.25) is 0 Å². The molecular weight excluding hydrogens is 336 g/mol. The molecule has 2 aromatic rings. The van der Waals surface area contributed by atoms with E-state index in [0.717, 1.165) is 32.3 Å². The van der Waals surface area contributed by atoms with Gasteiger partial charge in [0.05, 0.1) is 10.5 Å². The molecule has 1 N–H and O–H groups in total. The highest BCUT2D eigenvalue weighted by atomic mass is 32.2. The van der Waals surface area contributed by atoms with E-state index < -0.39 is 9.84 Å². The highest BCUT2D eigenvalue weighted by molar-refractivity contribution is 7.90. The topological polar surface area (TPSA) is 66.5 Å². The lowest BCUT2D eigenvalue weighted by atomic mass is 10.00. The number of rotatable bonds is 5. The molecule has 0 radical (unpaired) electrons. The summed E-state index contributed by atoms with van der Waals surface area (Å²) in [6.45, 7) is 3.07. The summed E-state index contributed by atoms with van der Waals surface area (Å²) in [5.41, 5.74) is 2.93. The highest BCUT2D eigenvalue weighted by Crippen LogP contribution is 2.18. The number of benzene rings is 2. The Labute approximate surface area is 148 Å². The van der Waals surface area contributed by atoms with Crippen LogP contribution in [0, 0.1) is 0 Å². The van der Waals surface area contributed by atoms with E-state index >= 15 is 0 Å². The lowest BCUT2D eigenvalue weighted by Gasteiger charge is -2.28. The standard InChI is InChI=1S/C19H22N2O3S/c1-25(23,24)18-9-5-4-8-17(18)19(22)20-11-13-21-12-10-15-6-2-3-7-16(15)14-21/h2-9H,10-14H2,1H3,(H,20,22). The van der Waals surface area contributed by atoms with Crippen molar-refractivity contribution >= 4 is 15.7 Å². The van der Waals surface area contributed by atoms with Gasteiger partial charge in [-0.3, -0.25) is 9.69 Å². The van der Waals surface area contributed by atoms with Crippen LogP contribution in [0.5, 0.6) is 0 Å². The fourth-order valence-electron chi connectivity index (χ4n) is 3.15. The highest BCUT2D eigenvalue weighted by Gasteiger charge is 2.19. The molecular formula is C19H22N2O3S. The number of nitrogens with one attached hydrogen (secondary N) is 1. The van der Waals surface area contributed by atoms with E-state index in [0.29, 0.717) is 6.54 Å². The number of fused-ring (bicyclic) bond motifs is 1. The van der Waals surface area contributed by atoms with Gasteiger partial charge in [-0.2, -0.15) is 0 Å². The van der Waals surface area contributed by atoms with Crippen LogP contribution in [0.25, 0.3) is 0 Å². The molecule has 132 valence electrons. The summed E-state index contributed by atoms with van der Waals surface area (Å²) in [6, 6.07) is 14.7. The maximum Gasteiger partial charge on any atom is 0.252 e. The Balaban J connectivity index is 1.58. The predicted octanol–water partition coefficient (Wildman–Crippen LogP) is 1.88. The van der Waals surface area contributed by atoms with Crippen molar-refractivity contribution in [1.82, 2.24) is 10.2 Å². The third kappa shape index (κ3) is 4.27. The average Bonchev–Trinajstić information content (AvgIpc) is 2.61. The molecule has 25 heavy (non-hydrogen) atoms. The minimum absolute atomic E-state index is 0.0689. The lowest BCUT2D eigenvalue weighted by molar-refractivity contribution is 0.0944. The smallest absolute Gasteiger partial charge is 0.252 e. The van der Waals surface area contributed by atoms with Gasteiger partial charge in [-0.05, 0) is 29.7 Å². The van der Waals surface area contributed by atoms with Crippen molar-refractivity contribution in [2.24, 2.45) is 0 Å². The predicted molar refractivity (Wildman–Crippen MR) is 97.3 cm³/mol. The van der Waals surface area contributed by atoms with Crippen LogP contribution in [0.1, 0.15) is 21.5 Å². The molecule has 1 heterocycles. The first-order valence-electron chi connectivity index (χ1n) is 8.31. The minimum atomic E-state index is -3.43. The number of sulfone groups is 1. The first-order valence-corrected chi connectivity index (χ1v) is 10.2. The van der Waals surface area contributed by atoms with Gasteiger partial charge >= 0.3 is 0 Å². The molecule has 0 bridgehead atoms. The van der Waals surface area contributed by atoms with E-state index in [4.69, 9.17) is 0 Å². The quantitative estimate of drug-likeness (QED) is 0.886. The molecule has 0 fully saturated rings. The molecule has 0 aliphatic carbocycles. The van der Waals surface area contributed by atoms with Crippen LogP contribution in [-0.4, -0.2) is 45.1 Å². The van der Waals surface area contributed by atoms with E-state index in [1.54, 1.807) is 18.2 Å². The van der Waals surface area contributed by atoms with Gasteiger partial charge in [-0.15, -0.1) is 0 Å². The summed E-state index contributed by atoms with van der Waals surface area (Å²) in [5.74, 6) is -0.349. The third-order valence-electron chi connectivity index (χ3n) is 4.45. The Bertz CT molecular complexity index is 878. The van der Waals surface area contributed by atoms with Gasteiger partial charge in [0.1, 0.15) is 0 Å². The van der Waals surface area contributed by atoms with Crippen molar-refractivity contribution in [2.45, 2.75) is 17.9 Å². The normalized spacial score (nSPS) is 14.8. The zero-order chi connectivity index (χ0) is 17.9. The van der Waals surface area contributed by atoms with Gasteiger partial charge in [0, 0.05) is 32.4 Å². The molecule has 0 saturated heterocycles. The number of carbonyl (C=O) groups is 1. The molecule has 1 aliphatic heterocycles. The summed E-state index contributed by atoms with van der Waals surface area (Å²) < 4.78 is 23.6. The van der Waals surface area contributed by atoms with Crippen molar-refractivity contribution in [1.29, 1.82) is 0 Å². The maximum atomic E-state index is 12.4. The monoisotopic (exact) mass is 358 g/mol. The van der Waals surface area contributed by atoms with Crippen LogP contribution < -0.4 is 5.32 Å². The molecule has 0 saturated carbocycles. The largest absolute Gasteiger partial charge is 0.351 e. The van der Waals surface area contributed by atoms with Gasteiger partial charge in [0.15, 0.2) is 9.84 Å². The van der Waals surface area contributed by atoms with Crippen molar-refractivity contribution in [3.05, 3.63) is 65.2 Å². The van der Waals surface area contributed by atoms with Crippen LogP contribution in [0.4, 0.5) is 0 Å². The fourth-order valence-corrected chi connectivity index (χ4v) is 4.03. The van der Waals surface area contributed by atoms with E-state index in [2.05, 4.69) is 28.4 Å². The number of amides is 1. The van der Waals surface area contributed by atoms with E-state index in [-0.39, 0.29) is 16.4 Å². The second-order valence-electron chi connectivity index (χ2n) is 6.32. The molecule has 5 nitrogen and oxygen atoms in total. The molecule has 0 unspecified atom stereocenters. The summed E-state index contributed by atoms with van der Waals surface area (Å²) in [7, 11) is -3.43. The Morgan fingerprint density at radius 3 is 2.52 bits per heavy atom. The van der Waals surface area contributed by atoms with Gasteiger partial charge in [-0.25, -0.2) is 8.42 Å². The molecule has 0 atom stereocenters. The van der Waals surface area contributed by atoms with Crippen LogP contribution in [-0.2, 0) is 22.8 Å². The second-order valence-corrected chi connectivity index (χ2v) is 8.30. The zero-order valence-corrected chi connectivity index (χ0v) is 15.1. The number of carbonyl (C=O) groups excluding carboxylic acids is 1. The minimum Gasteiger partial charge on any atom is -0.351 e. The van der Waals surface area contributed by atoms with Crippen molar-refractivity contribution in [2.75, 3.05) is 25.9 Å². The third-order valence-corrected chi connectivity index (χ3v) is 5.61. The molecule has 1 aliphatic rings. The van der Waals surface area contributed by atoms with Crippen LogP contribution in [0.2, 0.25) is 0 Å². The van der Waals surface area contributed by atoms with Crippen LogP contribution >= 0.6 is 0 Å². The van der Waals surface area contributed by atoms with Crippen molar-refractivity contribution < 1.29 is 13.2 Å². The first kappa shape index (κ1) is 17.6. The Morgan fingerprint density at radius 2 is 1.76 bits per heavy atom. The van der Waals surface area contributed by atoms with Gasteiger partial charge in [-0.1, -0.05) is 36.4 Å². The number of hydrogen-bond donors (Lipinski definition) is 1. The van der Waals surface area contributed by atoms with E-state index in [1.165, 1.54) is 17.2 Å². The maximum absolute atomic E-state index is 12.4. The summed E-state index contributed by atoms with van der Waals surface area (Å²) >= 11 is 0. The average molecular weight is 358 g/mol. The molecule has 1 amide bonds. The van der Waals surface area contributed by atoms with E-state index in [9.17, 15) is 13.2 Å². The summed E-state index contributed by atoms with van der Waals surface area (Å²) in [5, 5.41) is 2.84. The zero-order valence-electron chi connectivity index (χ0n) is 14.2. The second kappa shape index (κ2) is 7.37. The van der Waals surface area contributed by atoms with Crippen molar-refractivity contribution in [3.63, 3.8) is 0 Å². The molecule has 0 spiro atoms. The summed E-state index contributed by atoms with van der Waals surface area (Å²) in [6.07, 6.45) is 2.13. The molecule has 2 aromatic carbocycles. The molecule has 6 heteroatoms. The van der Waals surface area contributed by atoms with Crippen LogP contribution in [0.15, 0.2) is 53.4 Å². The number of hydrogen-bond acceptors (Lipinski definition) is 4. The SMILES string of the molecule is CS(=O)(=O)c1ccccc1C(=O)NCCN1CCc2ccccc2C1.